The van der Waals surface area contributed by atoms with E-state index in [4.69, 9.17) is 11.6 Å². The van der Waals surface area contributed by atoms with Gasteiger partial charge in [0.05, 0.1) is 18.3 Å². The Morgan fingerprint density at radius 2 is 2.28 bits per heavy atom. The van der Waals surface area contributed by atoms with Gasteiger partial charge >= 0.3 is 0 Å². The number of nitrogens with zero attached hydrogens (tertiary/aromatic N) is 2. The molecule has 5 heteroatoms. The third-order valence-electron chi connectivity index (χ3n) is 2.44. The van der Waals surface area contributed by atoms with E-state index in [1.54, 1.807) is 30.7 Å². The second-order valence-corrected chi connectivity index (χ2v) is 4.30. The fraction of sp³-hybridized carbons (Fsp3) is 0.154. The highest BCUT2D eigenvalue weighted by molar-refractivity contribution is 6.29. The second kappa shape index (κ2) is 5.60. The van der Waals surface area contributed by atoms with E-state index >= 15 is 0 Å². The maximum absolute atomic E-state index is 11.8. The monoisotopic (exact) mass is 261 g/mol. The van der Waals surface area contributed by atoms with Gasteiger partial charge in [0, 0.05) is 12.4 Å². The Labute approximate surface area is 110 Å². The first-order chi connectivity index (χ1) is 8.65. The Morgan fingerprint density at radius 1 is 1.44 bits per heavy atom. The zero-order valence-corrected chi connectivity index (χ0v) is 10.6. The van der Waals surface area contributed by atoms with Crippen molar-refractivity contribution >= 4 is 23.2 Å². The van der Waals surface area contributed by atoms with Gasteiger partial charge < -0.3 is 5.32 Å². The number of anilines is 1. The van der Waals surface area contributed by atoms with E-state index in [0.717, 1.165) is 11.1 Å². The molecule has 0 bridgehead atoms. The number of carbonyl (C=O) groups excluding carboxylic acids is 1. The molecule has 0 saturated carbocycles. The summed E-state index contributed by atoms with van der Waals surface area (Å²) in [5.41, 5.74) is 2.43. The van der Waals surface area contributed by atoms with Gasteiger partial charge in [0.15, 0.2) is 0 Å². The number of carbonyl (C=O) groups is 1. The van der Waals surface area contributed by atoms with E-state index in [0.29, 0.717) is 10.8 Å². The van der Waals surface area contributed by atoms with Crippen LogP contribution in [0, 0.1) is 6.92 Å². The average molecular weight is 262 g/mol. The lowest BCUT2D eigenvalue weighted by Gasteiger charge is -2.07. The van der Waals surface area contributed by atoms with Gasteiger partial charge in [-0.2, -0.15) is 0 Å². The zero-order valence-electron chi connectivity index (χ0n) is 9.85. The smallest absolute Gasteiger partial charge is 0.228 e. The minimum atomic E-state index is -0.102. The van der Waals surface area contributed by atoms with Gasteiger partial charge in [-0.15, -0.1) is 0 Å². The lowest BCUT2D eigenvalue weighted by molar-refractivity contribution is -0.115. The summed E-state index contributed by atoms with van der Waals surface area (Å²) in [4.78, 5) is 19.7. The van der Waals surface area contributed by atoms with E-state index in [9.17, 15) is 4.79 Å². The molecule has 2 rings (SSSR count). The number of aromatic nitrogens is 2. The summed E-state index contributed by atoms with van der Waals surface area (Å²) in [6.45, 7) is 1.87. The maximum atomic E-state index is 11.8. The highest BCUT2D eigenvalue weighted by Gasteiger charge is 2.06. The highest BCUT2D eigenvalue weighted by Crippen LogP contribution is 2.16. The number of hydrogen-bond acceptors (Lipinski definition) is 3. The number of halogens is 1. The Kier molecular flexibility index (Phi) is 3.89. The Hall–Kier alpha value is -1.94. The number of hydrogen-bond donors (Lipinski definition) is 1. The van der Waals surface area contributed by atoms with Crippen molar-refractivity contribution in [3.8, 4) is 0 Å². The molecule has 4 nitrogen and oxygen atoms in total. The molecular formula is C13H12ClN3O. The predicted octanol–water partition coefficient (Wildman–Crippen LogP) is 2.62. The van der Waals surface area contributed by atoms with E-state index in [1.807, 2.05) is 13.0 Å². The number of nitrogens with one attached hydrogen (secondary N) is 1. The Bertz CT molecular complexity index is 557. The normalized spacial score (nSPS) is 10.1. The summed E-state index contributed by atoms with van der Waals surface area (Å²) < 4.78 is 0. The molecule has 2 aromatic heterocycles. The van der Waals surface area contributed by atoms with Gasteiger partial charge in [-0.05, 0) is 30.2 Å². The SMILES string of the molecule is Cc1cc(Cl)ncc1NC(=O)Cc1cccnc1. The van der Waals surface area contributed by atoms with E-state index < -0.39 is 0 Å². The Morgan fingerprint density at radius 3 is 2.94 bits per heavy atom. The largest absolute Gasteiger partial charge is 0.324 e. The summed E-state index contributed by atoms with van der Waals surface area (Å²) in [5, 5.41) is 3.21. The van der Waals surface area contributed by atoms with Crippen LogP contribution in [0.3, 0.4) is 0 Å². The van der Waals surface area contributed by atoms with Crippen LogP contribution >= 0.6 is 11.6 Å². The summed E-state index contributed by atoms with van der Waals surface area (Å²) in [6.07, 6.45) is 5.19. The fourth-order valence-corrected chi connectivity index (χ4v) is 1.75. The van der Waals surface area contributed by atoms with Gasteiger partial charge in [-0.3, -0.25) is 9.78 Å². The molecular weight excluding hydrogens is 250 g/mol. The van der Waals surface area contributed by atoms with Crippen molar-refractivity contribution in [3.63, 3.8) is 0 Å². The van der Waals surface area contributed by atoms with Gasteiger partial charge in [0.2, 0.25) is 5.91 Å². The first-order valence-corrected chi connectivity index (χ1v) is 5.84. The zero-order chi connectivity index (χ0) is 13.0. The second-order valence-electron chi connectivity index (χ2n) is 3.91. The molecule has 0 unspecified atom stereocenters. The van der Waals surface area contributed by atoms with Crippen LogP contribution in [-0.4, -0.2) is 15.9 Å². The molecule has 0 atom stereocenters. The molecule has 0 aliphatic carbocycles. The van der Waals surface area contributed by atoms with Crippen LogP contribution in [0.1, 0.15) is 11.1 Å². The number of aryl methyl sites for hydroxylation is 1. The van der Waals surface area contributed by atoms with Crippen LogP contribution in [0.15, 0.2) is 36.8 Å². The van der Waals surface area contributed by atoms with Crippen LogP contribution in [0.5, 0.6) is 0 Å². The molecule has 0 aromatic carbocycles. The van der Waals surface area contributed by atoms with Gasteiger partial charge in [0.25, 0.3) is 0 Å². The highest BCUT2D eigenvalue weighted by atomic mass is 35.5. The standard InChI is InChI=1S/C13H12ClN3O/c1-9-5-12(14)16-8-11(9)17-13(18)6-10-3-2-4-15-7-10/h2-5,7-8H,6H2,1H3,(H,17,18). The van der Waals surface area contributed by atoms with Crippen molar-refractivity contribution < 1.29 is 4.79 Å². The van der Waals surface area contributed by atoms with Crippen LogP contribution in [0.25, 0.3) is 0 Å². The van der Waals surface area contributed by atoms with Gasteiger partial charge in [-0.25, -0.2) is 4.98 Å². The van der Waals surface area contributed by atoms with Crippen molar-refractivity contribution in [2.75, 3.05) is 5.32 Å². The van der Waals surface area contributed by atoms with Crippen LogP contribution in [0.2, 0.25) is 5.15 Å². The molecule has 0 fully saturated rings. The minimum absolute atomic E-state index is 0.102. The lowest BCUT2D eigenvalue weighted by atomic mass is 10.2. The van der Waals surface area contributed by atoms with Crippen molar-refractivity contribution in [2.45, 2.75) is 13.3 Å². The van der Waals surface area contributed by atoms with Crippen LogP contribution in [-0.2, 0) is 11.2 Å². The molecule has 92 valence electrons. The summed E-state index contributed by atoms with van der Waals surface area (Å²) in [7, 11) is 0. The first kappa shape index (κ1) is 12.5. The molecule has 0 aliphatic heterocycles. The molecule has 0 aliphatic rings. The van der Waals surface area contributed by atoms with Crippen LogP contribution < -0.4 is 5.32 Å². The summed E-state index contributed by atoms with van der Waals surface area (Å²) in [6, 6.07) is 5.37. The summed E-state index contributed by atoms with van der Waals surface area (Å²) >= 11 is 5.75. The maximum Gasteiger partial charge on any atom is 0.228 e. The van der Waals surface area contributed by atoms with Crippen molar-refractivity contribution in [1.29, 1.82) is 0 Å². The summed E-state index contributed by atoms with van der Waals surface area (Å²) in [5.74, 6) is -0.102. The number of amides is 1. The lowest BCUT2D eigenvalue weighted by Crippen LogP contribution is -2.15. The number of rotatable bonds is 3. The van der Waals surface area contributed by atoms with Crippen molar-refractivity contribution in [3.05, 3.63) is 53.1 Å². The third kappa shape index (κ3) is 3.28. The Balaban J connectivity index is 2.03. The average Bonchev–Trinajstić information content (AvgIpc) is 2.34. The van der Waals surface area contributed by atoms with E-state index in [2.05, 4.69) is 15.3 Å². The van der Waals surface area contributed by atoms with Gasteiger partial charge in [0.1, 0.15) is 5.15 Å². The van der Waals surface area contributed by atoms with Crippen molar-refractivity contribution in [1.82, 2.24) is 9.97 Å². The van der Waals surface area contributed by atoms with Crippen molar-refractivity contribution in [2.24, 2.45) is 0 Å². The molecule has 1 amide bonds. The number of pyridine rings is 2. The minimum Gasteiger partial charge on any atom is -0.324 e. The van der Waals surface area contributed by atoms with E-state index in [1.165, 1.54) is 0 Å². The third-order valence-corrected chi connectivity index (χ3v) is 2.65. The quantitative estimate of drug-likeness (QED) is 0.864. The first-order valence-electron chi connectivity index (χ1n) is 5.46. The molecule has 1 N–H and O–H groups in total. The fourth-order valence-electron chi connectivity index (χ4n) is 1.54. The molecule has 0 spiro atoms. The molecule has 0 radical (unpaired) electrons. The topological polar surface area (TPSA) is 54.9 Å². The molecule has 0 saturated heterocycles. The molecule has 2 heterocycles. The van der Waals surface area contributed by atoms with Gasteiger partial charge in [-0.1, -0.05) is 17.7 Å². The predicted molar refractivity (Wildman–Crippen MR) is 70.6 cm³/mol. The molecule has 18 heavy (non-hydrogen) atoms. The molecule has 2 aromatic rings. The van der Waals surface area contributed by atoms with Crippen LogP contribution in [0.4, 0.5) is 5.69 Å². The van der Waals surface area contributed by atoms with E-state index in [-0.39, 0.29) is 12.3 Å².